The molecule has 1 heterocycles. The molecule has 0 unspecified atom stereocenters. The Morgan fingerprint density at radius 2 is 1.62 bits per heavy atom. The molecule has 0 saturated carbocycles. The first-order chi connectivity index (χ1) is 10.8. The van der Waals surface area contributed by atoms with Gasteiger partial charge in [0, 0.05) is 17.5 Å². The van der Waals surface area contributed by atoms with E-state index >= 15 is 0 Å². The number of carbonyl (C=O) groups excluding carboxylic acids is 3. The van der Waals surface area contributed by atoms with Crippen LogP contribution in [0.1, 0.15) is 54.2 Å². The average molecular weight is 356 g/mol. The minimum Gasteiger partial charge on any atom is -0.443 e. The summed E-state index contributed by atoms with van der Waals surface area (Å²) in [7, 11) is 0. The Morgan fingerprint density at radius 3 is 2.08 bits per heavy atom. The number of nitrogens with zero attached hydrogens (tertiary/aromatic N) is 2. The molecule has 0 atom stereocenters. The van der Waals surface area contributed by atoms with Crippen LogP contribution in [-0.4, -0.2) is 33.7 Å². The molecule has 1 aromatic heterocycles. The Balaban J connectivity index is 3.30. The van der Waals surface area contributed by atoms with Gasteiger partial charge in [-0.2, -0.15) is 0 Å². The molecule has 7 nitrogen and oxygen atoms in total. The van der Waals surface area contributed by atoms with Gasteiger partial charge in [-0.25, -0.2) is 14.2 Å². The van der Waals surface area contributed by atoms with E-state index in [2.05, 4.69) is 4.99 Å². The zero-order valence-electron chi connectivity index (χ0n) is 15.1. The van der Waals surface area contributed by atoms with Gasteiger partial charge in [0.2, 0.25) is 4.80 Å². The summed E-state index contributed by atoms with van der Waals surface area (Å²) >= 11 is 1.07. The number of Topliss-reactive ketones (excluding diaryl/α,β-unsaturated/α-hetero) is 1. The predicted molar refractivity (Wildman–Crippen MR) is 90.1 cm³/mol. The van der Waals surface area contributed by atoms with E-state index in [1.54, 1.807) is 46.9 Å². The molecule has 0 spiro atoms. The highest BCUT2D eigenvalue weighted by molar-refractivity contribution is 7.07. The van der Waals surface area contributed by atoms with Crippen LogP contribution in [0.25, 0.3) is 0 Å². The maximum Gasteiger partial charge on any atom is 0.436 e. The van der Waals surface area contributed by atoms with Crippen molar-refractivity contribution in [1.29, 1.82) is 0 Å². The fraction of sp³-hybridized carbons (Fsp3) is 0.625. The molecule has 0 radical (unpaired) electrons. The second-order valence-electron chi connectivity index (χ2n) is 7.30. The van der Waals surface area contributed by atoms with Crippen LogP contribution in [-0.2, 0) is 20.7 Å². The van der Waals surface area contributed by atoms with Crippen molar-refractivity contribution in [2.45, 2.75) is 66.1 Å². The van der Waals surface area contributed by atoms with Crippen molar-refractivity contribution in [2.75, 3.05) is 0 Å². The summed E-state index contributed by atoms with van der Waals surface area (Å²) in [5, 5.41) is 1.61. The number of carbonyl (C=O) groups is 3. The van der Waals surface area contributed by atoms with Gasteiger partial charge >= 0.3 is 12.2 Å². The van der Waals surface area contributed by atoms with Crippen molar-refractivity contribution in [3.63, 3.8) is 0 Å². The fourth-order valence-electron chi connectivity index (χ4n) is 1.67. The van der Waals surface area contributed by atoms with Gasteiger partial charge in [-0.05, 0) is 48.5 Å². The molecule has 0 saturated heterocycles. The third-order valence-corrected chi connectivity index (χ3v) is 3.24. The topological polar surface area (TPSA) is 87.0 Å². The molecule has 0 aromatic carbocycles. The van der Waals surface area contributed by atoms with Gasteiger partial charge in [-0.15, -0.1) is 16.3 Å². The zero-order valence-corrected chi connectivity index (χ0v) is 15.9. The number of hydrogen-bond acceptors (Lipinski definition) is 6. The van der Waals surface area contributed by atoms with Crippen molar-refractivity contribution in [1.82, 2.24) is 4.57 Å². The molecule has 134 valence electrons. The van der Waals surface area contributed by atoms with Gasteiger partial charge < -0.3 is 9.47 Å². The van der Waals surface area contributed by atoms with Crippen LogP contribution < -0.4 is 4.80 Å². The van der Waals surface area contributed by atoms with Gasteiger partial charge in [-0.1, -0.05) is 0 Å². The summed E-state index contributed by atoms with van der Waals surface area (Å²) in [6.07, 6.45) is -1.46. The summed E-state index contributed by atoms with van der Waals surface area (Å²) in [5.74, 6) is -0.117. The first-order valence-electron chi connectivity index (χ1n) is 7.48. The van der Waals surface area contributed by atoms with Gasteiger partial charge in [0.25, 0.3) is 0 Å². The third-order valence-electron chi connectivity index (χ3n) is 2.37. The van der Waals surface area contributed by atoms with E-state index in [4.69, 9.17) is 9.47 Å². The van der Waals surface area contributed by atoms with Crippen molar-refractivity contribution >= 4 is 29.3 Å². The van der Waals surface area contributed by atoms with Crippen molar-refractivity contribution in [3.8, 4) is 0 Å². The molecule has 1 aromatic rings. The van der Waals surface area contributed by atoms with E-state index in [-0.39, 0.29) is 17.0 Å². The predicted octanol–water partition coefficient (Wildman–Crippen LogP) is 3.30. The quantitative estimate of drug-likeness (QED) is 0.811. The Hall–Kier alpha value is -1.96. The molecule has 0 aliphatic carbocycles. The Bertz CT molecular complexity index is 701. The lowest BCUT2D eigenvalue weighted by molar-refractivity contribution is -0.116. The number of hydrogen-bond donors (Lipinski definition) is 0. The maximum absolute atomic E-state index is 12.4. The zero-order chi connectivity index (χ0) is 18.7. The molecular weight excluding hydrogens is 332 g/mol. The van der Waals surface area contributed by atoms with Crippen molar-refractivity contribution < 1.29 is 23.9 Å². The minimum atomic E-state index is -0.809. The number of thiazole rings is 1. The molecule has 0 fully saturated rings. The van der Waals surface area contributed by atoms with Crippen LogP contribution in [0.2, 0.25) is 0 Å². The lowest BCUT2D eigenvalue weighted by Crippen LogP contribution is -2.34. The average Bonchev–Trinajstić information content (AvgIpc) is 2.65. The standard InChI is InChI=1S/C16H24N2O5S/c1-10(19)8-11-9-24-12(17-13(20)22-15(2,3)4)18(11)14(21)23-16(5,6)7/h9H,8H2,1-7H3/b17-12+. The summed E-state index contributed by atoms with van der Waals surface area (Å²) in [6, 6.07) is 0. The largest absolute Gasteiger partial charge is 0.443 e. The van der Waals surface area contributed by atoms with Crippen molar-refractivity contribution in [2.24, 2.45) is 4.99 Å². The molecular formula is C16H24N2O5S. The van der Waals surface area contributed by atoms with Crippen LogP contribution in [0.5, 0.6) is 0 Å². The van der Waals surface area contributed by atoms with E-state index < -0.39 is 23.4 Å². The number of ether oxygens (including phenoxy) is 2. The van der Waals surface area contributed by atoms with E-state index in [0.717, 1.165) is 15.9 Å². The molecule has 24 heavy (non-hydrogen) atoms. The van der Waals surface area contributed by atoms with Crippen LogP contribution in [0.4, 0.5) is 9.59 Å². The monoisotopic (exact) mass is 356 g/mol. The Morgan fingerprint density at radius 1 is 1.08 bits per heavy atom. The molecule has 8 heteroatoms. The smallest absolute Gasteiger partial charge is 0.436 e. The first kappa shape index (κ1) is 20.1. The van der Waals surface area contributed by atoms with Crippen LogP contribution in [0.15, 0.2) is 10.4 Å². The third kappa shape index (κ3) is 6.66. The summed E-state index contributed by atoms with van der Waals surface area (Å²) in [5.41, 5.74) is -0.997. The van der Waals surface area contributed by atoms with E-state index in [1.165, 1.54) is 6.92 Å². The maximum atomic E-state index is 12.4. The van der Waals surface area contributed by atoms with Crippen LogP contribution in [0, 0.1) is 0 Å². The van der Waals surface area contributed by atoms with E-state index in [1.807, 2.05) is 0 Å². The molecule has 0 bridgehead atoms. The number of rotatable bonds is 2. The highest BCUT2D eigenvalue weighted by Crippen LogP contribution is 2.12. The number of aromatic nitrogens is 1. The second-order valence-corrected chi connectivity index (χ2v) is 8.13. The summed E-state index contributed by atoms with van der Waals surface area (Å²) in [4.78, 5) is 39.7. The SMILES string of the molecule is CC(=O)Cc1cs/c(=N/C(=O)OC(C)(C)C)n1C(=O)OC(C)(C)C. The lowest BCUT2D eigenvalue weighted by atomic mass is 10.2. The van der Waals surface area contributed by atoms with E-state index in [9.17, 15) is 14.4 Å². The fourth-order valence-corrected chi connectivity index (χ4v) is 2.52. The van der Waals surface area contributed by atoms with Crippen molar-refractivity contribution in [3.05, 3.63) is 15.9 Å². The minimum absolute atomic E-state index is 0.0413. The second kappa shape index (κ2) is 7.29. The van der Waals surface area contributed by atoms with Gasteiger partial charge in [0.05, 0.1) is 0 Å². The molecule has 1 rings (SSSR count). The van der Waals surface area contributed by atoms with E-state index in [0.29, 0.717) is 5.69 Å². The summed E-state index contributed by atoms with van der Waals surface area (Å²) in [6.45, 7) is 11.8. The van der Waals surface area contributed by atoms with Gasteiger partial charge in [-0.3, -0.25) is 4.79 Å². The van der Waals surface area contributed by atoms with Gasteiger partial charge in [0.15, 0.2) is 0 Å². The Labute approximate surface area is 145 Å². The molecule has 0 aliphatic heterocycles. The van der Waals surface area contributed by atoms with Gasteiger partial charge in [0.1, 0.15) is 17.0 Å². The Kier molecular flexibility index (Phi) is 6.10. The highest BCUT2D eigenvalue weighted by Gasteiger charge is 2.23. The normalized spacial score (nSPS) is 12.9. The van der Waals surface area contributed by atoms with Crippen LogP contribution in [0.3, 0.4) is 0 Å². The first-order valence-corrected chi connectivity index (χ1v) is 8.36. The number of ketones is 1. The highest BCUT2D eigenvalue weighted by atomic mass is 32.1. The molecule has 0 aliphatic rings. The number of amides is 1. The summed E-state index contributed by atoms with van der Waals surface area (Å²) < 4.78 is 11.6. The lowest BCUT2D eigenvalue weighted by Gasteiger charge is -2.20. The molecule has 1 amide bonds. The van der Waals surface area contributed by atoms with Crippen LogP contribution >= 0.6 is 11.3 Å². The molecule has 0 N–H and O–H groups in total.